The molecule has 0 unspecified atom stereocenters. The Bertz CT molecular complexity index is 1670. The highest BCUT2D eigenvalue weighted by atomic mass is 35.5. The molecule has 1 N–H and O–H groups in total. The van der Waals surface area contributed by atoms with E-state index in [1.165, 1.54) is 28.6 Å². The Morgan fingerprint density at radius 2 is 1.77 bits per heavy atom. The highest BCUT2D eigenvalue weighted by Gasteiger charge is 2.37. The van der Waals surface area contributed by atoms with Crippen LogP contribution in [0.1, 0.15) is 64.2 Å². The molecule has 8 nitrogen and oxygen atoms in total. The summed E-state index contributed by atoms with van der Waals surface area (Å²) in [4.78, 5) is 48.1. The summed E-state index contributed by atoms with van der Waals surface area (Å²) in [5.41, 5.74) is -0.200. The maximum absolute atomic E-state index is 14.2. The van der Waals surface area contributed by atoms with Crippen LogP contribution in [0.15, 0.2) is 41.2 Å². The van der Waals surface area contributed by atoms with Crippen LogP contribution in [0, 0.1) is 5.92 Å². The number of nitrogens with zero attached hydrogens (tertiary/aromatic N) is 4. The van der Waals surface area contributed by atoms with Gasteiger partial charge in [-0.05, 0) is 75.4 Å². The second-order valence-corrected chi connectivity index (χ2v) is 11.9. The summed E-state index contributed by atoms with van der Waals surface area (Å²) in [5, 5.41) is 2.23. The third-order valence-corrected chi connectivity index (χ3v) is 8.92. The molecule has 43 heavy (non-hydrogen) atoms. The van der Waals surface area contributed by atoms with Gasteiger partial charge in [-0.25, -0.2) is 9.55 Å². The lowest BCUT2D eigenvalue weighted by molar-refractivity contribution is -0.137. The zero-order chi connectivity index (χ0) is 31.4. The topological polar surface area (TPSA) is 87.5 Å². The Kier molecular flexibility index (Phi) is 8.26. The van der Waals surface area contributed by atoms with Crippen molar-refractivity contribution in [3.63, 3.8) is 0 Å². The molecule has 0 radical (unpaired) electrons. The van der Waals surface area contributed by atoms with Crippen molar-refractivity contribution >= 4 is 41.0 Å². The van der Waals surface area contributed by atoms with Crippen LogP contribution < -0.4 is 15.8 Å². The van der Waals surface area contributed by atoms with E-state index in [1.807, 2.05) is 18.9 Å². The van der Waals surface area contributed by atoms with Crippen molar-refractivity contribution in [1.82, 2.24) is 19.8 Å². The standard InChI is InChI=1S/C30H30Cl2F3N5O3/c1-15-11-20-24(14-39(15)27(42)19-7-9-22(31)21(12-19)30(33,34)35)37-29(38(4)16(2)17-5-6-17)40(28(20)43)25-10-8-18(13-23(25)32)26(41)36-3/h7-10,12-13,15-17H,5-6,11,14H2,1-4H3,(H,36,41)/t15-,16+/m1/s1. The molecule has 1 aliphatic heterocycles. The van der Waals surface area contributed by atoms with Crippen LogP contribution in [0.5, 0.6) is 0 Å². The number of carbonyl (C=O) groups is 2. The van der Waals surface area contributed by atoms with Gasteiger partial charge in [-0.2, -0.15) is 13.2 Å². The molecule has 1 aromatic heterocycles. The molecule has 3 aromatic rings. The average molecular weight is 637 g/mol. The second kappa shape index (κ2) is 11.5. The van der Waals surface area contributed by atoms with Gasteiger partial charge in [0, 0.05) is 42.9 Å². The highest BCUT2D eigenvalue weighted by molar-refractivity contribution is 6.33. The Morgan fingerprint density at radius 3 is 2.37 bits per heavy atom. The van der Waals surface area contributed by atoms with E-state index in [-0.39, 0.29) is 41.1 Å². The molecule has 1 saturated carbocycles. The van der Waals surface area contributed by atoms with Crippen molar-refractivity contribution < 1.29 is 22.8 Å². The predicted octanol–water partition coefficient (Wildman–Crippen LogP) is 5.74. The molecule has 1 fully saturated rings. The number of amides is 2. The van der Waals surface area contributed by atoms with Gasteiger partial charge in [0.05, 0.1) is 33.5 Å². The van der Waals surface area contributed by atoms with E-state index < -0.39 is 28.7 Å². The number of carbonyl (C=O) groups excluding carboxylic acids is 2. The first-order chi connectivity index (χ1) is 20.2. The van der Waals surface area contributed by atoms with Gasteiger partial charge in [-0.15, -0.1) is 0 Å². The van der Waals surface area contributed by atoms with Gasteiger partial charge in [0.1, 0.15) is 0 Å². The second-order valence-electron chi connectivity index (χ2n) is 11.1. The first-order valence-corrected chi connectivity index (χ1v) is 14.6. The molecular formula is C30H30Cl2F3N5O3. The van der Waals surface area contributed by atoms with E-state index in [0.29, 0.717) is 34.4 Å². The number of benzene rings is 2. The summed E-state index contributed by atoms with van der Waals surface area (Å²) in [6.07, 6.45) is -2.51. The molecule has 228 valence electrons. The minimum absolute atomic E-state index is 0.0372. The van der Waals surface area contributed by atoms with Crippen molar-refractivity contribution in [3.8, 4) is 5.69 Å². The largest absolute Gasteiger partial charge is 0.417 e. The third kappa shape index (κ3) is 5.84. The maximum Gasteiger partial charge on any atom is 0.417 e. The molecule has 2 atom stereocenters. The fourth-order valence-corrected chi connectivity index (χ4v) is 5.95. The molecule has 5 rings (SSSR count). The zero-order valence-electron chi connectivity index (χ0n) is 23.9. The van der Waals surface area contributed by atoms with E-state index in [2.05, 4.69) is 5.32 Å². The van der Waals surface area contributed by atoms with E-state index in [0.717, 1.165) is 25.0 Å². The Hall–Kier alpha value is -3.57. The number of anilines is 1. The number of rotatable bonds is 6. The molecule has 2 aliphatic rings. The minimum Gasteiger partial charge on any atom is -0.355 e. The van der Waals surface area contributed by atoms with Crippen LogP contribution in [-0.2, 0) is 19.1 Å². The summed E-state index contributed by atoms with van der Waals surface area (Å²) in [7, 11) is 3.34. The lowest BCUT2D eigenvalue weighted by Crippen LogP contribution is -2.47. The quantitative estimate of drug-likeness (QED) is 0.373. The van der Waals surface area contributed by atoms with Gasteiger partial charge in [-0.3, -0.25) is 14.4 Å². The summed E-state index contributed by atoms with van der Waals surface area (Å²) >= 11 is 12.4. The molecule has 0 saturated heterocycles. The Balaban J connectivity index is 1.60. The first-order valence-electron chi connectivity index (χ1n) is 13.8. The van der Waals surface area contributed by atoms with Gasteiger partial charge < -0.3 is 15.1 Å². The van der Waals surface area contributed by atoms with Gasteiger partial charge in [0.15, 0.2) is 0 Å². The fraction of sp³-hybridized carbons (Fsp3) is 0.400. The van der Waals surface area contributed by atoms with Crippen LogP contribution in [0.2, 0.25) is 10.0 Å². The van der Waals surface area contributed by atoms with Crippen molar-refractivity contribution in [2.75, 3.05) is 19.0 Å². The van der Waals surface area contributed by atoms with Crippen LogP contribution in [0.4, 0.5) is 19.1 Å². The molecular weight excluding hydrogens is 606 g/mol. The van der Waals surface area contributed by atoms with Gasteiger partial charge >= 0.3 is 6.18 Å². The number of hydrogen-bond donors (Lipinski definition) is 1. The summed E-state index contributed by atoms with van der Waals surface area (Å²) in [6, 6.07) is 7.24. The number of hydrogen-bond acceptors (Lipinski definition) is 5. The van der Waals surface area contributed by atoms with E-state index in [4.69, 9.17) is 28.2 Å². The zero-order valence-corrected chi connectivity index (χ0v) is 25.4. The van der Waals surface area contributed by atoms with Crippen LogP contribution in [0.25, 0.3) is 5.69 Å². The van der Waals surface area contributed by atoms with Crippen molar-refractivity contribution in [3.05, 3.63) is 84.7 Å². The summed E-state index contributed by atoms with van der Waals surface area (Å²) in [5.74, 6) is -0.222. The van der Waals surface area contributed by atoms with Crippen LogP contribution in [-0.4, -0.2) is 52.4 Å². The van der Waals surface area contributed by atoms with E-state index in [9.17, 15) is 27.6 Å². The van der Waals surface area contributed by atoms with Crippen molar-refractivity contribution in [1.29, 1.82) is 0 Å². The molecule has 2 aromatic carbocycles. The predicted molar refractivity (Wildman–Crippen MR) is 158 cm³/mol. The normalized spacial score (nSPS) is 17.3. The average Bonchev–Trinajstić information content (AvgIpc) is 3.81. The lowest BCUT2D eigenvalue weighted by Gasteiger charge is -2.36. The van der Waals surface area contributed by atoms with Crippen molar-refractivity contribution in [2.24, 2.45) is 5.92 Å². The number of aromatic nitrogens is 2. The molecule has 2 heterocycles. The van der Waals surface area contributed by atoms with Crippen molar-refractivity contribution in [2.45, 2.75) is 57.9 Å². The Morgan fingerprint density at radius 1 is 1.09 bits per heavy atom. The minimum atomic E-state index is -4.72. The number of nitrogens with one attached hydrogen (secondary N) is 1. The molecule has 2 amide bonds. The third-order valence-electron chi connectivity index (χ3n) is 8.28. The summed E-state index contributed by atoms with van der Waals surface area (Å²) in [6.45, 7) is 3.70. The maximum atomic E-state index is 14.2. The van der Waals surface area contributed by atoms with Crippen LogP contribution in [0.3, 0.4) is 0 Å². The molecule has 13 heteroatoms. The van der Waals surface area contributed by atoms with Gasteiger partial charge in [0.2, 0.25) is 5.95 Å². The first kappa shape index (κ1) is 30.9. The molecule has 0 spiro atoms. The molecule has 0 bridgehead atoms. The Labute approximate surface area is 256 Å². The fourth-order valence-electron chi connectivity index (χ4n) is 5.46. The SMILES string of the molecule is CNC(=O)c1ccc(-n2c(N(C)[C@@H](C)C3CC3)nc3c(c2=O)C[C@@H](C)N(C(=O)c2ccc(Cl)c(C(F)(F)F)c2)C3)c(Cl)c1. The summed E-state index contributed by atoms with van der Waals surface area (Å²) < 4.78 is 41.9. The van der Waals surface area contributed by atoms with Gasteiger partial charge in [-0.1, -0.05) is 23.2 Å². The number of alkyl halides is 3. The highest BCUT2D eigenvalue weighted by Crippen LogP contribution is 2.38. The van der Waals surface area contributed by atoms with E-state index >= 15 is 0 Å². The molecule has 1 aliphatic carbocycles. The lowest BCUT2D eigenvalue weighted by atomic mass is 9.98. The van der Waals surface area contributed by atoms with E-state index in [1.54, 1.807) is 19.1 Å². The monoisotopic (exact) mass is 635 g/mol. The van der Waals surface area contributed by atoms with Crippen LogP contribution >= 0.6 is 23.2 Å². The number of fused-ring (bicyclic) bond motifs is 1. The van der Waals surface area contributed by atoms with Gasteiger partial charge in [0.25, 0.3) is 17.4 Å². The smallest absolute Gasteiger partial charge is 0.355 e. The number of halogens is 5.